The van der Waals surface area contributed by atoms with Gasteiger partial charge in [-0.05, 0) is 6.07 Å². The molecule has 0 saturated carbocycles. The van der Waals surface area contributed by atoms with Gasteiger partial charge in [0.2, 0.25) is 5.88 Å². The fraction of sp³-hybridized carbons (Fsp3) is 0.286. The summed E-state index contributed by atoms with van der Waals surface area (Å²) in [5.74, 6) is 0.214. The molecular formula is C14H15BrN2O2. The molecule has 2 rings (SSSR count). The fourth-order valence-corrected chi connectivity index (χ4v) is 2.21. The summed E-state index contributed by atoms with van der Waals surface area (Å²) in [5, 5.41) is 10.1. The van der Waals surface area contributed by atoms with E-state index in [9.17, 15) is 9.90 Å². The lowest BCUT2D eigenvalue weighted by molar-refractivity contribution is 0.437. The molecule has 2 aromatic rings. The van der Waals surface area contributed by atoms with Gasteiger partial charge in [0, 0.05) is 15.5 Å². The Labute approximate surface area is 119 Å². The van der Waals surface area contributed by atoms with Crippen molar-refractivity contribution in [3.8, 4) is 17.0 Å². The summed E-state index contributed by atoms with van der Waals surface area (Å²) in [5.41, 5.74) is 0.127. The summed E-state index contributed by atoms with van der Waals surface area (Å²) >= 11 is 3.37. The Morgan fingerprint density at radius 2 is 1.89 bits per heavy atom. The van der Waals surface area contributed by atoms with Gasteiger partial charge in [0.05, 0.1) is 0 Å². The maximum Gasteiger partial charge on any atom is 0.262 e. The van der Waals surface area contributed by atoms with E-state index in [-0.39, 0.29) is 22.4 Å². The van der Waals surface area contributed by atoms with E-state index in [4.69, 9.17) is 0 Å². The van der Waals surface area contributed by atoms with E-state index in [2.05, 4.69) is 25.9 Å². The SMILES string of the molecule is CC(C)(C)c1nc(O)c(-c2ccccc2Br)c(=O)[nH]1. The van der Waals surface area contributed by atoms with Crippen LogP contribution in [0.4, 0.5) is 0 Å². The van der Waals surface area contributed by atoms with E-state index in [1.54, 1.807) is 12.1 Å². The minimum Gasteiger partial charge on any atom is -0.493 e. The summed E-state index contributed by atoms with van der Waals surface area (Å²) in [6.45, 7) is 5.76. The van der Waals surface area contributed by atoms with Crippen LogP contribution in [0.3, 0.4) is 0 Å². The molecule has 0 atom stereocenters. The maximum absolute atomic E-state index is 12.2. The molecule has 0 aliphatic carbocycles. The van der Waals surface area contributed by atoms with Crippen LogP contribution >= 0.6 is 15.9 Å². The van der Waals surface area contributed by atoms with Crippen LogP contribution < -0.4 is 5.56 Å². The first-order valence-electron chi connectivity index (χ1n) is 5.89. The molecule has 5 heteroatoms. The predicted molar refractivity (Wildman–Crippen MR) is 78.4 cm³/mol. The van der Waals surface area contributed by atoms with Crippen LogP contribution in [0.25, 0.3) is 11.1 Å². The first-order chi connectivity index (χ1) is 8.80. The number of rotatable bonds is 1. The van der Waals surface area contributed by atoms with Crippen LogP contribution in [0.15, 0.2) is 33.5 Å². The molecule has 0 bridgehead atoms. The molecule has 0 aliphatic rings. The zero-order chi connectivity index (χ0) is 14.2. The Hall–Kier alpha value is -1.62. The van der Waals surface area contributed by atoms with Gasteiger partial charge in [-0.1, -0.05) is 54.9 Å². The van der Waals surface area contributed by atoms with Crippen molar-refractivity contribution < 1.29 is 5.11 Å². The lowest BCUT2D eigenvalue weighted by Crippen LogP contribution is -2.23. The summed E-state index contributed by atoms with van der Waals surface area (Å²) in [6.07, 6.45) is 0. The molecule has 0 unspecified atom stereocenters. The summed E-state index contributed by atoms with van der Waals surface area (Å²) in [4.78, 5) is 19.0. The van der Waals surface area contributed by atoms with Gasteiger partial charge >= 0.3 is 0 Å². The van der Waals surface area contributed by atoms with E-state index >= 15 is 0 Å². The monoisotopic (exact) mass is 322 g/mol. The molecule has 0 saturated heterocycles. The van der Waals surface area contributed by atoms with Crippen molar-refractivity contribution >= 4 is 15.9 Å². The Balaban J connectivity index is 2.68. The highest BCUT2D eigenvalue weighted by Gasteiger charge is 2.21. The predicted octanol–water partition coefficient (Wildman–Crippen LogP) is 3.20. The van der Waals surface area contributed by atoms with Crippen LogP contribution in [-0.4, -0.2) is 15.1 Å². The minimum absolute atomic E-state index is 0.181. The fourth-order valence-electron chi connectivity index (χ4n) is 1.72. The van der Waals surface area contributed by atoms with Crippen molar-refractivity contribution in [2.24, 2.45) is 0 Å². The third-order valence-corrected chi connectivity index (χ3v) is 3.45. The third-order valence-electron chi connectivity index (χ3n) is 2.75. The van der Waals surface area contributed by atoms with Gasteiger partial charge in [-0.2, -0.15) is 4.98 Å². The number of H-pyrrole nitrogens is 1. The lowest BCUT2D eigenvalue weighted by Gasteiger charge is -2.18. The number of nitrogens with zero attached hydrogens (tertiary/aromatic N) is 1. The van der Waals surface area contributed by atoms with Gasteiger partial charge in [0.1, 0.15) is 11.4 Å². The zero-order valence-electron chi connectivity index (χ0n) is 11.0. The van der Waals surface area contributed by atoms with E-state index in [0.717, 1.165) is 4.47 Å². The van der Waals surface area contributed by atoms with Gasteiger partial charge < -0.3 is 10.1 Å². The smallest absolute Gasteiger partial charge is 0.262 e. The number of halogens is 1. The van der Waals surface area contributed by atoms with Gasteiger partial charge in [-0.3, -0.25) is 4.79 Å². The Bertz CT molecular complexity index is 672. The largest absolute Gasteiger partial charge is 0.493 e. The lowest BCUT2D eigenvalue weighted by atomic mass is 9.95. The van der Waals surface area contributed by atoms with Crippen LogP contribution in [-0.2, 0) is 5.41 Å². The van der Waals surface area contributed by atoms with Crippen molar-refractivity contribution in [1.29, 1.82) is 0 Å². The first kappa shape index (κ1) is 13.8. The molecule has 0 radical (unpaired) electrons. The topological polar surface area (TPSA) is 66.0 Å². The third kappa shape index (κ3) is 2.71. The number of nitrogens with one attached hydrogen (secondary N) is 1. The van der Waals surface area contributed by atoms with Gasteiger partial charge in [-0.15, -0.1) is 0 Å². The van der Waals surface area contributed by atoms with Gasteiger partial charge in [0.25, 0.3) is 5.56 Å². The Morgan fingerprint density at radius 3 is 2.42 bits per heavy atom. The molecule has 0 aliphatic heterocycles. The standard InChI is InChI=1S/C14H15BrN2O2/c1-14(2,3)13-16-11(18)10(12(19)17-13)8-6-4-5-7-9(8)15/h4-7H,1-3H3,(H2,16,17,18,19). The average molecular weight is 323 g/mol. The second kappa shape index (κ2) is 4.81. The second-order valence-electron chi connectivity index (χ2n) is 5.34. The Morgan fingerprint density at radius 1 is 1.26 bits per heavy atom. The van der Waals surface area contributed by atoms with Crippen molar-refractivity contribution in [2.45, 2.75) is 26.2 Å². The summed E-state index contributed by atoms with van der Waals surface area (Å²) in [7, 11) is 0. The van der Waals surface area contributed by atoms with Gasteiger partial charge in [0.15, 0.2) is 0 Å². The van der Waals surface area contributed by atoms with Crippen molar-refractivity contribution in [1.82, 2.24) is 9.97 Å². The molecule has 19 heavy (non-hydrogen) atoms. The molecule has 0 spiro atoms. The number of aromatic nitrogens is 2. The van der Waals surface area contributed by atoms with Crippen molar-refractivity contribution in [3.05, 3.63) is 44.9 Å². The molecule has 0 fully saturated rings. The normalized spacial score (nSPS) is 11.6. The Kier molecular flexibility index (Phi) is 3.49. The number of aromatic hydroxyl groups is 1. The van der Waals surface area contributed by atoms with Gasteiger partial charge in [-0.25, -0.2) is 0 Å². The molecule has 100 valence electrons. The van der Waals surface area contributed by atoms with E-state index < -0.39 is 0 Å². The van der Waals surface area contributed by atoms with Crippen LogP contribution in [0.5, 0.6) is 5.88 Å². The van der Waals surface area contributed by atoms with E-state index in [1.807, 2.05) is 32.9 Å². The average Bonchev–Trinajstić information content (AvgIpc) is 2.29. The number of benzene rings is 1. The molecule has 2 N–H and O–H groups in total. The highest BCUT2D eigenvalue weighted by molar-refractivity contribution is 9.10. The molecule has 4 nitrogen and oxygen atoms in total. The van der Waals surface area contributed by atoms with E-state index in [1.165, 1.54) is 0 Å². The molecule has 1 aromatic carbocycles. The number of hydrogen-bond donors (Lipinski definition) is 2. The van der Waals surface area contributed by atoms with Crippen molar-refractivity contribution in [3.63, 3.8) is 0 Å². The second-order valence-corrected chi connectivity index (χ2v) is 6.20. The summed E-state index contributed by atoms with van der Waals surface area (Å²) in [6, 6.07) is 7.21. The van der Waals surface area contributed by atoms with Crippen LogP contribution in [0.1, 0.15) is 26.6 Å². The van der Waals surface area contributed by atoms with Crippen LogP contribution in [0, 0.1) is 0 Å². The highest BCUT2D eigenvalue weighted by Crippen LogP contribution is 2.31. The molecule has 1 aromatic heterocycles. The molecule has 1 heterocycles. The zero-order valence-corrected chi connectivity index (χ0v) is 12.6. The van der Waals surface area contributed by atoms with E-state index in [0.29, 0.717) is 11.4 Å². The minimum atomic E-state index is -0.343. The summed E-state index contributed by atoms with van der Waals surface area (Å²) < 4.78 is 0.737. The van der Waals surface area contributed by atoms with Crippen molar-refractivity contribution in [2.75, 3.05) is 0 Å². The van der Waals surface area contributed by atoms with Crippen LogP contribution in [0.2, 0.25) is 0 Å². The highest BCUT2D eigenvalue weighted by atomic mass is 79.9. The number of aromatic amines is 1. The maximum atomic E-state index is 12.2. The quantitative estimate of drug-likeness (QED) is 0.847. The first-order valence-corrected chi connectivity index (χ1v) is 6.68. The number of hydrogen-bond acceptors (Lipinski definition) is 3. The molecular weight excluding hydrogens is 308 g/mol. The molecule has 0 amide bonds.